The van der Waals surface area contributed by atoms with Crippen LogP contribution >= 0.6 is 15.9 Å². The number of sulfonamides is 1. The summed E-state index contributed by atoms with van der Waals surface area (Å²) in [6.45, 7) is -0.337. The van der Waals surface area contributed by atoms with Gasteiger partial charge in [0.15, 0.2) is 4.60 Å². The number of nitrogens with one attached hydrogen (secondary N) is 2. The van der Waals surface area contributed by atoms with Crippen LogP contribution in [0.3, 0.4) is 0 Å². The number of carbonyl (C=O) groups is 1. The molecule has 0 spiro atoms. The number of likely N-dealkylation sites (N-methyl/N-ethyl adjacent to an activating group) is 1. The Morgan fingerprint density at radius 2 is 2.19 bits per heavy atom. The van der Waals surface area contributed by atoms with Crippen LogP contribution in [0.4, 0.5) is 0 Å². The molecule has 16 heavy (non-hydrogen) atoms. The highest BCUT2D eigenvalue weighted by atomic mass is 79.9. The van der Waals surface area contributed by atoms with E-state index in [-0.39, 0.29) is 16.2 Å². The molecule has 1 amide bonds. The molecule has 1 rings (SSSR count). The van der Waals surface area contributed by atoms with E-state index in [2.05, 4.69) is 36.3 Å². The van der Waals surface area contributed by atoms with Gasteiger partial charge in [0, 0.05) is 14.1 Å². The van der Waals surface area contributed by atoms with Crippen molar-refractivity contribution >= 4 is 31.9 Å². The first-order chi connectivity index (χ1) is 7.38. The number of nitrogens with zero attached hydrogens (tertiary/aromatic N) is 3. The lowest BCUT2D eigenvalue weighted by molar-refractivity contribution is -0.119. The fraction of sp³-hybridized carbons (Fsp3) is 0.500. The van der Waals surface area contributed by atoms with E-state index in [0.717, 1.165) is 4.68 Å². The number of halogens is 1. The number of carbonyl (C=O) groups excluding carboxylic acids is 1. The van der Waals surface area contributed by atoms with Crippen molar-refractivity contribution < 1.29 is 13.2 Å². The first-order valence-electron chi connectivity index (χ1n) is 4.14. The van der Waals surface area contributed by atoms with Gasteiger partial charge in [-0.2, -0.15) is 0 Å². The largest absolute Gasteiger partial charge is 0.358 e. The predicted octanol–water partition coefficient (Wildman–Crippen LogP) is -1.40. The van der Waals surface area contributed by atoms with Crippen LogP contribution in [0.2, 0.25) is 0 Å². The summed E-state index contributed by atoms with van der Waals surface area (Å²) < 4.78 is 26.8. The zero-order valence-electron chi connectivity index (χ0n) is 8.56. The standard InChI is InChI=1S/C6H10BrN5O3S/c1-8-4(13)3-9-16(14,15)6-5(7)10-11-12(6)2/h9H,3H2,1-2H3,(H,8,13). The Kier molecular flexibility index (Phi) is 3.99. The highest BCUT2D eigenvalue weighted by molar-refractivity contribution is 9.10. The monoisotopic (exact) mass is 311 g/mol. The molecule has 0 atom stereocenters. The highest BCUT2D eigenvalue weighted by Crippen LogP contribution is 2.16. The Hall–Kier alpha value is -1.00. The summed E-state index contributed by atoms with van der Waals surface area (Å²) in [5.41, 5.74) is 0. The van der Waals surface area contributed by atoms with E-state index in [1.54, 1.807) is 0 Å². The van der Waals surface area contributed by atoms with Gasteiger partial charge in [-0.1, -0.05) is 5.21 Å². The van der Waals surface area contributed by atoms with Crippen molar-refractivity contribution in [3.8, 4) is 0 Å². The molecular formula is C6H10BrN5O3S. The molecule has 0 fully saturated rings. The zero-order chi connectivity index (χ0) is 12.3. The van der Waals surface area contributed by atoms with E-state index in [1.807, 2.05) is 0 Å². The molecule has 0 aliphatic carbocycles. The van der Waals surface area contributed by atoms with Crippen molar-refractivity contribution in [1.29, 1.82) is 0 Å². The van der Waals surface area contributed by atoms with E-state index in [4.69, 9.17) is 0 Å². The average molecular weight is 312 g/mol. The second kappa shape index (κ2) is 4.89. The maximum absolute atomic E-state index is 11.7. The van der Waals surface area contributed by atoms with E-state index >= 15 is 0 Å². The minimum Gasteiger partial charge on any atom is -0.358 e. The summed E-state index contributed by atoms with van der Waals surface area (Å²) in [7, 11) is -0.952. The molecule has 1 heterocycles. The molecule has 1 aromatic heterocycles. The maximum atomic E-state index is 11.7. The molecule has 8 nitrogen and oxygen atoms in total. The predicted molar refractivity (Wildman–Crippen MR) is 58.0 cm³/mol. The molecule has 0 bridgehead atoms. The minimum absolute atomic E-state index is 0.0967. The second-order valence-corrected chi connectivity index (χ2v) is 5.24. The molecule has 0 aliphatic heterocycles. The van der Waals surface area contributed by atoms with Crippen LogP contribution in [0.25, 0.3) is 0 Å². The van der Waals surface area contributed by atoms with Crippen LogP contribution in [-0.4, -0.2) is 42.9 Å². The Morgan fingerprint density at radius 1 is 1.56 bits per heavy atom. The third-order valence-electron chi connectivity index (χ3n) is 1.69. The van der Waals surface area contributed by atoms with Crippen molar-refractivity contribution in [2.75, 3.05) is 13.6 Å². The van der Waals surface area contributed by atoms with Gasteiger partial charge in [-0.3, -0.25) is 4.79 Å². The highest BCUT2D eigenvalue weighted by Gasteiger charge is 2.24. The third-order valence-corrected chi connectivity index (χ3v) is 3.98. The third kappa shape index (κ3) is 2.77. The SMILES string of the molecule is CNC(=O)CNS(=O)(=O)c1c(Br)nnn1C. The van der Waals surface area contributed by atoms with E-state index in [1.165, 1.54) is 14.1 Å². The lowest BCUT2D eigenvalue weighted by Crippen LogP contribution is -2.36. The summed E-state index contributed by atoms with van der Waals surface area (Å²) in [6, 6.07) is 0. The lowest BCUT2D eigenvalue weighted by Gasteiger charge is -2.05. The fourth-order valence-electron chi connectivity index (χ4n) is 0.925. The number of hydrogen-bond donors (Lipinski definition) is 2. The van der Waals surface area contributed by atoms with E-state index < -0.39 is 15.9 Å². The molecule has 90 valence electrons. The number of amides is 1. The lowest BCUT2D eigenvalue weighted by atomic mass is 10.6. The molecule has 0 radical (unpaired) electrons. The summed E-state index contributed by atoms with van der Waals surface area (Å²) in [5, 5.41) is 9.24. The smallest absolute Gasteiger partial charge is 0.261 e. The van der Waals surface area contributed by atoms with Crippen molar-refractivity contribution in [2.24, 2.45) is 7.05 Å². The Labute approximate surface area is 101 Å². The van der Waals surface area contributed by atoms with Gasteiger partial charge in [-0.05, 0) is 15.9 Å². The molecule has 0 aliphatic rings. The van der Waals surface area contributed by atoms with Crippen molar-refractivity contribution in [3.05, 3.63) is 4.60 Å². The second-order valence-electron chi connectivity index (χ2n) is 2.81. The van der Waals surface area contributed by atoms with Crippen LogP contribution in [0, 0.1) is 0 Å². The Bertz CT molecular complexity index is 477. The van der Waals surface area contributed by atoms with Crippen LogP contribution in [0.1, 0.15) is 0 Å². The van der Waals surface area contributed by atoms with Gasteiger partial charge in [-0.15, -0.1) is 5.10 Å². The zero-order valence-corrected chi connectivity index (χ0v) is 11.0. The van der Waals surface area contributed by atoms with Gasteiger partial charge in [-0.25, -0.2) is 17.8 Å². The number of rotatable bonds is 4. The molecular weight excluding hydrogens is 302 g/mol. The van der Waals surface area contributed by atoms with Crippen molar-refractivity contribution in [1.82, 2.24) is 25.0 Å². The van der Waals surface area contributed by atoms with Gasteiger partial charge in [0.05, 0.1) is 6.54 Å². The molecule has 2 N–H and O–H groups in total. The summed E-state index contributed by atoms with van der Waals surface area (Å²) in [4.78, 5) is 10.9. The number of aromatic nitrogens is 3. The first kappa shape index (κ1) is 13.1. The Balaban J connectivity index is 2.91. The van der Waals surface area contributed by atoms with Gasteiger partial charge >= 0.3 is 0 Å². The van der Waals surface area contributed by atoms with Crippen LogP contribution in [0.5, 0.6) is 0 Å². The molecule has 0 aromatic carbocycles. The van der Waals surface area contributed by atoms with Crippen molar-refractivity contribution in [2.45, 2.75) is 5.03 Å². The summed E-state index contributed by atoms with van der Waals surface area (Å²) in [6.07, 6.45) is 0. The van der Waals surface area contributed by atoms with Crippen molar-refractivity contribution in [3.63, 3.8) is 0 Å². The van der Waals surface area contributed by atoms with Crippen LogP contribution in [-0.2, 0) is 21.9 Å². The number of hydrogen-bond acceptors (Lipinski definition) is 5. The van der Waals surface area contributed by atoms with Crippen LogP contribution in [0.15, 0.2) is 9.63 Å². The average Bonchev–Trinajstić information content (AvgIpc) is 2.55. The normalized spacial score (nSPS) is 11.4. The van der Waals surface area contributed by atoms with Gasteiger partial charge < -0.3 is 5.32 Å². The quantitative estimate of drug-likeness (QED) is 0.711. The summed E-state index contributed by atoms with van der Waals surface area (Å²) in [5.74, 6) is -0.435. The van der Waals surface area contributed by atoms with E-state index in [9.17, 15) is 13.2 Å². The van der Waals surface area contributed by atoms with Gasteiger partial charge in [0.2, 0.25) is 10.9 Å². The summed E-state index contributed by atoms with van der Waals surface area (Å²) >= 11 is 2.96. The topological polar surface area (TPSA) is 106 Å². The molecule has 10 heteroatoms. The van der Waals surface area contributed by atoms with Gasteiger partial charge in [0.25, 0.3) is 10.0 Å². The fourth-order valence-corrected chi connectivity index (χ4v) is 3.00. The maximum Gasteiger partial charge on any atom is 0.261 e. The minimum atomic E-state index is -3.80. The number of aryl methyl sites for hydroxylation is 1. The Morgan fingerprint density at radius 3 is 2.62 bits per heavy atom. The molecule has 0 saturated carbocycles. The first-order valence-corrected chi connectivity index (χ1v) is 6.41. The molecule has 0 saturated heterocycles. The molecule has 0 unspecified atom stereocenters. The van der Waals surface area contributed by atoms with E-state index in [0.29, 0.717) is 0 Å². The van der Waals surface area contributed by atoms with Crippen LogP contribution < -0.4 is 10.0 Å². The van der Waals surface area contributed by atoms with Gasteiger partial charge in [0.1, 0.15) is 0 Å². The molecule has 1 aromatic rings.